The number of carbonyl (C=O) groups is 1. The summed E-state index contributed by atoms with van der Waals surface area (Å²) in [6, 6.07) is 8.75. The van der Waals surface area contributed by atoms with Crippen LogP contribution in [-0.4, -0.2) is 32.0 Å². The number of hydrogen-bond donors (Lipinski definition) is 2. The van der Waals surface area contributed by atoms with Gasteiger partial charge in [0.25, 0.3) is 0 Å². The Hall–Kier alpha value is -2.94. The first kappa shape index (κ1) is 15.9. The molecule has 0 fully saturated rings. The molecule has 0 saturated heterocycles. The fourth-order valence-electron chi connectivity index (χ4n) is 2.03. The van der Waals surface area contributed by atoms with Gasteiger partial charge in [-0.2, -0.15) is 4.98 Å². The number of carboxylic acid groups (broad SMARTS) is 1. The van der Waals surface area contributed by atoms with Gasteiger partial charge in [-0.05, 0) is 35.9 Å². The van der Waals surface area contributed by atoms with Gasteiger partial charge in [-0.3, -0.25) is 9.89 Å². The number of hydrogen-bond acceptors (Lipinski definition) is 7. The van der Waals surface area contributed by atoms with Gasteiger partial charge in [-0.25, -0.2) is 0 Å². The molecular formula is C15H12N4O4S. The second kappa shape index (κ2) is 6.67. The molecule has 2 heterocycles. The Labute approximate surface area is 140 Å². The van der Waals surface area contributed by atoms with Gasteiger partial charge >= 0.3 is 5.97 Å². The number of aromatic amines is 1. The number of nitroso groups, excluding NO2 is 1. The SMILES string of the molecule is Cc1ccc(-c2ccc(-c3nc(SCC(=O)O)n[nH]3)o2)cc1N=O. The predicted molar refractivity (Wildman–Crippen MR) is 88.1 cm³/mol. The highest BCUT2D eigenvalue weighted by atomic mass is 32.2. The number of nitrogens with zero attached hydrogens (tertiary/aromatic N) is 3. The van der Waals surface area contributed by atoms with Crippen LogP contribution in [0, 0.1) is 11.8 Å². The minimum absolute atomic E-state index is 0.120. The predicted octanol–water partition coefficient (Wildman–Crippen LogP) is 3.61. The van der Waals surface area contributed by atoms with Crippen molar-refractivity contribution in [2.24, 2.45) is 5.18 Å². The van der Waals surface area contributed by atoms with Crippen LogP contribution in [-0.2, 0) is 4.79 Å². The van der Waals surface area contributed by atoms with Gasteiger partial charge in [0, 0.05) is 5.56 Å². The van der Waals surface area contributed by atoms with Crippen molar-refractivity contribution >= 4 is 23.4 Å². The number of nitrogens with one attached hydrogen (secondary N) is 1. The van der Waals surface area contributed by atoms with E-state index in [9.17, 15) is 9.70 Å². The van der Waals surface area contributed by atoms with E-state index in [1.807, 2.05) is 6.07 Å². The number of furan rings is 1. The number of rotatable bonds is 6. The molecule has 3 aromatic rings. The van der Waals surface area contributed by atoms with E-state index in [2.05, 4.69) is 20.4 Å². The summed E-state index contributed by atoms with van der Waals surface area (Å²) in [4.78, 5) is 25.5. The highest BCUT2D eigenvalue weighted by Crippen LogP contribution is 2.31. The van der Waals surface area contributed by atoms with Crippen molar-refractivity contribution in [2.45, 2.75) is 12.1 Å². The van der Waals surface area contributed by atoms with E-state index in [4.69, 9.17) is 9.52 Å². The standard InChI is InChI=1S/C15H12N4O4S/c1-8-2-3-9(6-10(8)19-22)11-4-5-12(23-11)14-16-15(18-17-14)24-7-13(20)21/h2-6H,7H2,1H3,(H,20,21)(H,16,17,18). The van der Waals surface area contributed by atoms with Gasteiger partial charge in [0.1, 0.15) is 11.4 Å². The Morgan fingerprint density at radius 3 is 2.88 bits per heavy atom. The molecule has 2 N–H and O–H groups in total. The molecule has 0 aliphatic rings. The van der Waals surface area contributed by atoms with Crippen molar-refractivity contribution in [3.8, 4) is 22.9 Å². The molecule has 1 aromatic carbocycles. The van der Waals surface area contributed by atoms with Crippen molar-refractivity contribution in [3.63, 3.8) is 0 Å². The summed E-state index contributed by atoms with van der Waals surface area (Å²) in [7, 11) is 0. The largest absolute Gasteiger partial charge is 0.481 e. The van der Waals surface area contributed by atoms with Gasteiger partial charge < -0.3 is 9.52 Å². The first-order chi connectivity index (χ1) is 11.6. The number of carboxylic acids is 1. The molecule has 2 aromatic heterocycles. The molecule has 122 valence electrons. The van der Waals surface area contributed by atoms with Gasteiger partial charge in [-0.1, -0.05) is 23.9 Å². The first-order valence-electron chi connectivity index (χ1n) is 6.88. The van der Waals surface area contributed by atoms with Gasteiger partial charge in [0.05, 0.1) is 5.75 Å². The summed E-state index contributed by atoms with van der Waals surface area (Å²) < 4.78 is 5.73. The maximum atomic E-state index is 10.8. The summed E-state index contributed by atoms with van der Waals surface area (Å²) >= 11 is 1.01. The Kier molecular flexibility index (Phi) is 4.43. The molecule has 0 bridgehead atoms. The summed E-state index contributed by atoms with van der Waals surface area (Å²) in [5, 5.41) is 18.6. The lowest BCUT2D eigenvalue weighted by molar-refractivity contribution is -0.133. The van der Waals surface area contributed by atoms with E-state index in [0.717, 1.165) is 22.9 Å². The van der Waals surface area contributed by atoms with Crippen molar-refractivity contribution < 1.29 is 14.3 Å². The van der Waals surface area contributed by atoms with E-state index in [0.29, 0.717) is 28.2 Å². The van der Waals surface area contributed by atoms with Crippen LogP contribution in [0.5, 0.6) is 0 Å². The molecule has 9 heteroatoms. The quantitative estimate of drug-likeness (QED) is 0.517. The molecule has 3 rings (SSSR count). The number of H-pyrrole nitrogens is 1. The van der Waals surface area contributed by atoms with Crippen LogP contribution in [0.25, 0.3) is 22.9 Å². The molecule has 0 spiro atoms. The topological polar surface area (TPSA) is 121 Å². The molecule has 24 heavy (non-hydrogen) atoms. The second-order valence-electron chi connectivity index (χ2n) is 4.91. The van der Waals surface area contributed by atoms with E-state index < -0.39 is 5.97 Å². The highest BCUT2D eigenvalue weighted by molar-refractivity contribution is 7.99. The number of thioether (sulfide) groups is 1. The third-order valence-electron chi connectivity index (χ3n) is 3.22. The summed E-state index contributed by atoms with van der Waals surface area (Å²) in [5.41, 5.74) is 1.87. The maximum absolute atomic E-state index is 10.8. The normalized spacial score (nSPS) is 10.7. The Balaban J connectivity index is 1.83. The molecule has 0 saturated carbocycles. The number of benzene rings is 1. The van der Waals surface area contributed by atoms with E-state index >= 15 is 0 Å². The lowest BCUT2D eigenvalue weighted by Gasteiger charge is -2.00. The van der Waals surface area contributed by atoms with Crippen molar-refractivity contribution in [1.29, 1.82) is 0 Å². The molecule has 0 amide bonds. The fraction of sp³-hybridized carbons (Fsp3) is 0.133. The number of aromatic nitrogens is 3. The Morgan fingerprint density at radius 1 is 1.33 bits per heavy atom. The van der Waals surface area contributed by atoms with Crippen LogP contribution < -0.4 is 0 Å². The third kappa shape index (κ3) is 3.35. The smallest absolute Gasteiger partial charge is 0.313 e. The highest BCUT2D eigenvalue weighted by Gasteiger charge is 2.13. The average Bonchev–Trinajstić information content (AvgIpc) is 3.22. The second-order valence-corrected chi connectivity index (χ2v) is 5.85. The van der Waals surface area contributed by atoms with Crippen LogP contribution in [0.1, 0.15) is 5.56 Å². The molecule has 8 nitrogen and oxygen atoms in total. The maximum Gasteiger partial charge on any atom is 0.313 e. The summed E-state index contributed by atoms with van der Waals surface area (Å²) in [6.45, 7) is 1.80. The zero-order valence-electron chi connectivity index (χ0n) is 12.5. The number of aliphatic carboxylic acids is 1. The van der Waals surface area contributed by atoms with E-state index in [1.165, 1.54) is 0 Å². The summed E-state index contributed by atoms with van der Waals surface area (Å²) in [5.74, 6) is 0.360. The fourth-order valence-corrected chi connectivity index (χ4v) is 2.55. The van der Waals surface area contributed by atoms with Crippen LogP contribution in [0.15, 0.2) is 45.1 Å². The van der Waals surface area contributed by atoms with Gasteiger partial charge in [0.15, 0.2) is 11.6 Å². The van der Waals surface area contributed by atoms with Crippen LogP contribution >= 0.6 is 11.8 Å². The zero-order valence-corrected chi connectivity index (χ0v) is 13.3. The summed E-state index contributed by atoms with van der Waals surface area (Å²) in [6.07, 6.45) is 0. The van der Waals surface area contributed by atoms with Crippen molar-refractivity contribution in [2.75, 3.05) is 5.75 Å². The van der Waals surface area contributed by atoms with Crippen molar-refractivity contribution in [3.05, 3.63) is 40.8 Å². The van der Waals surface area contributed by atoms with Crippen molar-refractivity contribution in [1.82, 2.24) is 15.2 Å². The van der Waals surface area contributed by atoms with Crippen LogP contribution in [0.4, 0.5) is 5.69 Å². The van der Waals surface area contributed by atoms with E-state index in [1.54, 1.807) is 31.2 Å². The molecule has 0 atom stereocenters. The molecule has 0 aliphatic carbocycles. The molecule has 0 radical (unpaired) electrons. The minimum Gasteiger partial charge on any atom is -0.481 e. The average molecular weight is 344 g/mol. The van der Waals surface area contributed by atoms with Crippen LogP contribution in [0.2, 0.25) is 0 Å². The lowest BCUT2D eigenvalue weighted by atomic mass is 10.1. The monoisotopic (exact) mass is 344 g/mol. The Morgan fingerprint density at radius 2 is 2.12 bits per heavy atom. The molecule has 0 aliphatic heterocycles. The first-order valence-corrected chi connectivity index (χ1v) is 7.87. The minimum atomic E-state index is -0.939. The van der Waals surface area contributed by atoms with E-state index in [-0.39, 0.29) is 5.75 Å². The van der Waals surface area contributed by atoms with Gasteiger partial charge in [0.2, 0.25) is 5.16 Å². The number of aryl methyl sites for hydroxylation is 1. The van der Waals surface area contributed by atoms with Gasteiger partial charge in [-0.15, -0.1) is 10.0 Å². The zero-order chi connectivity index (χ0) is 17.1. The molecule has 0 unspecified atom stereocenters. The third-order valence-corrected chi connectivity index (χ3v) is 4.05. The molecular weight excluding hydrogens is 332 g/mol. The Bertz CT molecular complexity index is 903. The lowest BCUT2D eigenvalue weighted by Crippen LogP contribution is -1.97. The van der Waals surface area contributed by atoms with Crippen LogP contribution in [0.3, 0.4) is 0 Å².